The molecule has 7 nitrogen and oxygen atoms in total. The Hall–Kier alpha value is -2.91. The van der Waals surface area contributed by atoms with E-state index in [0.717, 1.165) is 4.90 Å². The fourth-order valence-corrected chi connectivity index (χ4v) is 2.38. The van der Waals surface area contributed by atoms with Gasteiger partial charge >= 0.3 is 12.1 Å². The number of hydrogen-bond donors (Lipinski definition) is 1. The van der Waals surface area contributed by atoms with Crippen LogP contribution in [0.5, 0.6) is 0 Å². The number of anilines is 2. The van der Waals surface area contributed by atoms with Crippen molar-refractivity contribution in [2.75, 3.05) is 29.9 Å². The van der Waals surface area contributed by atoms with E-state index in [-0.39, 0.29) is 18.2 Å². The first kappa shape index (κ1) is 16.0. The van der Waals surface area contributed by atoms with Gasteiger partial charge in [0.25, 0.3) is 0 Å². The number of likely N-dealkylation sites (N-methyl/N-ethyl adjacent to an activating group) is 1. The summed E-state index contributed by atoms with van der Waals surface area (Å²) in [5.74, 6) is -1.62. The van der Waals surface area contributed by atoms with Gasteiger partial charge in [0.1, 0.15) is 0 Å². The molecule has 10 heteroatoms. The highest BCUT2D eigenvalue weighted by atomic mass is 19.4. The third kappa shape index (κ3) is 3.07. The number of carbonyl (C=O) groups is 1. The van der Waals surface area contributed by atoms with Crippen LogP contribution >= 0.6 is 0 Å². The normalized spacial score (nSPS) is 15.0. The van der Waals surface area contributed by atoms with E-state index in [9.17, 15) is 18.0 Å². The van der Waals surface area contributed by atoms with Crippen molar-refractivity contribution >= 4 is 28.9 Å². The molecule has 0 saturated carbocycles. The molecule has 1 aliphatic heterocycles. The standard InChI is InChI=1S/C14H13F3N6O/c1-22-6-7-23(12(24)14(15,16)17)11-8-9(2-3-10(11)22)20-21-13-18-4-5-19-13/h2-5,8H,6-7H2,1H3,(H,18,19)/b21-20+. The lowest BCUT2D eigenvalue weighted by Gasteiger charge is -2.35. The number of aromatic amines is 1. The number of H-pyrrole nitrogens is 1. The maximum Gasteiger partial charge on any atom is 0.471 e. The summed E-state index contributed by atoms with van der Waals surface area (Å²) in [6.45, 7) is 0.253. The van der Waals surface area contributed by atoms with Gasteiger partial charge in [-0.1, -0.05) is 0 Å². The number of imidazole rings is 1. The summed E-state index contributed by atoms with van der Waals surface area (Å²) in [7, 11) is 1.75. The maximum atomic E-state index is 12.8. The van der Waals surface area contributed by atoms with Crippen LogP contribution in [0, 0.1) is 0 Å². The Kier molecular flexibility index (Phi) is 3.96. The minimum absolute atomic E-state index is 0.0549. The number of amides is 1. The Morgan fingerprint density at radius 3 is 2.71 bits per heavy atom. The Balaban J connectivity index is 1.96. The predicted octanol–water partition coefficient (Wildman–Crippen LogP) is 3.17. The molecule has 2 heterocycles. The van der Waals surface area contributed by atoms with Gasteiger partial charge in [-0.25, -0.2) is 4.98 Å². The number of aromatic nitrogens is 2. The van der Waals surface area contributed by atoms with Gasteiger partial charge in [-0.05, 0) is 18.2 Å². The fourth-order valence-electron chi connectivity index (χ4n) is 2.38. The zero-order valence-electron chi connectivity index (χ0n) is 12.6. The van der Waals surface area contributed by atoms with Crippen molar-refractivity contribution in [2.24, 2.45) is 10.2 Å². The molecular formula is C14H13F3N6O. The maximum absolute atomic E-state index is 12.8. The number of azo groups is 1. The molecule has 126 valence electrons. The largest absolute Gasteiger partial charge is 0.471 e. The summed E-state index contributed by atoms with van der Waals surface area (Å²) in [5, 5.41) is 7.77. The molecule has 0 saturated heterocycles. The van der Waals surface area contributed by atoms with E-state index in [1.807, 2.05) is 0 Å². The summed E-state index contributed by atoms with van der Waals surface area (Å²) in [5.41, 5.74) is 0.998. The van der Waals surface area contributed by atoms with E-state index in [4.69, 9.17) is 0 Å². The second-order valence-electron chi connectivity index (χ2n) is 5.16. The SMILES string of the molecule is CN1CCN(C(=O)C(F)(F)F)c2cc(/N=N/c3ncc[nH]3)ccc21. The van der Waals surface area contributed by atoms with Crippen molar-refractivity contribution in [2.45, 2.75) is 6.18 Å². The Bertz CT molecular complexity index is 771. The van der Waals surface area contributed by atoms with Crippen LogP contribution in [0.3, 0.4) is 0 Å². The quantitative estimate of drug-likeness (QED) is 0.855. The average Bonchev–Trinajstić information content (AvgIpc) is 3.05. The molecule has 1 aromatic heterocycles. The number of rotatable bonds is 2. The highest BCUT2D eigenvalue weighted by molar-refractivity contribution is 6.01. The van der Waals surface area contributed by atoms with Crippen LogP contribution in [0.4, 0.5) is 36.2 Å². The van der Waals surface area contributed by atoms with Gasteiger partial charge in [0.2, 0.25) is 5.95 Å². The number of nitrogens with zero attached hydrogens (tertiary/aromatic N) is 5. The van der Waals surface area contributed by atoms with E-state index >= 15 is 0 Å². The summed E-state index contributed by atoms with van der Waals surface area (Å²) in [6, 6.07) is 4.63. The number of alkyl halides is 3. The van der Waals surface area contributed by atoms with Crippen LogP contribution in [-0.4, -0.2) is 42.2 Å². The number of benzene rings is 1. The van der Waals surface area contributed by atoms with Crippen molar-refractivity contribution < 1.29 is 18.0 Å². The molecule has 1 N–H and O–H groups in total. The van der Waals surface area contributed by atoms with Crippen molar-refractivity contribution in [3.05, 3.63) is 30.6 Å². The molecule has 0 spiro atoms. The lowest BCUT2D eigenvalue weighted by Crippen LogP contribution is -2.48. The minimum Gasteiger partial charge on any atom is -0.371 e. The Labute approximate surface area is 134 Å². The highest BCUT2D eigenvalue weighted by Gasteiger charge is 2.44. The minimum atomic E-state index is -4.93. The zero-order chi connectivity index (χ0) is 17.3. The lowest BCUT2D eigenvalue weighted by molar-refractivity contribution is -0.170. The van der Waals surface area contributed by atoms with Crippen LogP contribution in [0.2, 0.25) is 0 Å². The van der Waals surface area contributed by atoms with Gasteiger partial charge in [-0.2, -0.15) is 13.2 Å². The molecular weight excluding hydrogens is 325 g/mol. The Morgan fingerprint density at radius 2 is 2.04 bits per heavy atom. The van der Waals surface area contributed by atoms with E-state index in [2.05, 4.69) is 20.2 Å². The van der Waals surface area contributed by atoms with Crippen LogP contribution in [0.1, 0.15) is 0 Å². The molecule has 0 unspecified atom stereocenters. The van der Waals surface area contributed by atoms with E-state index in [0.29, 0.717) is 17.9 Å². The molecule has 0 radical (unpaired) electrons. The van der Waals surface area contributed by atoms with Crippen molar-refractivity contribution in [3.63, 3.8) is 0 Å². The van der Waals surface area contributed by atoms with Gasteiger partial charge in [0, 0.05) is 32.5 Å². The fraction of sp³-hybridized carbons (Fsp3) is 0.286. The molecule has 3 rings (SSSR count). The molecule has 1 amide bonds. The lowest BCUT2D eigenvalue weighted by atomic mass is 10.1. The van der Waals surface area contributed by atoms with Gasteiger partial charge < -0.3 is 14.8 Å². The van der Waals surface area contributed by atoms with Crippen LogP contribution in [0.15, 0.2) is 40.8 Å². The number of halogens is 3. The van der Waals surface area contributed by atoms with Crippen LogP contribution in [0.25, 0.3) is 0 Å². The first-order chi connectivity index (χ1) is 11.4. The zero-order valence-corrected chi connectivity index (χ0v) is 12.6. The predicted molar refractivity (Wildman–Crippen MR) is 80.9 cm³/mol. The smallest absolute Gasteiger partial charge is 0.371 e. The van der Waals surface area contributed by atoms with Crippen LogP contribution < -0.4 is 9.80 Å². The number of hydrogen-bond acceptors (Lipinski definition) is 5. The molecule has 1 aromatic carbocycles. The summed E-state index contributed by atoms with van der Waals surface area (Å²) < 4.78 is 38.4. The molecule has 0 aliphatic carbocycles. The first-order valence-corrected chi connectivity index (χ1v) is 7.01. The molecule has 24 heavy (non-hydrogen) atoms. The first-order valence-electron chi connectivity index (χ1n) is 7.01. The van der Waals surface area contributed by atoms with Crippen molar-refractivity contribution in [3.8, 4) is 0 Å². The molecule has 0 bridgehead atoms. The molecule has 0 atom stereocenters. The number of nitrogens with one attached hydrogen (secondary N) is 1. The summed E-state index contributed by atoms with van der Waals surface area (Å²) >= 11 is 0. The number of carbonyl (C=O) groups excluding carboxylic acids is 1. The van der Waals surface area contributed by atoms with Gasteiger partial charge in [-0.3, -0.25) is 4.79 Å². The molecule has 1 aliphatic rings. The van der Waals surface area contributed by atoms with E-state index in [1.165, 1.54) is 12.3 Å². The highest BCUT2D eigenvalue weighted by Crippen LogP contribution is 2.37. The van der Waals surface area contributed by atoms with Crippen molar-refractivity contribution in [1.82, 2.24) is 9.97 Å². The van der Waals surface area contributed by atoms with Crippen LogP contribution in [-0.2, 0) is 4.79 Å². The number of fused-ring (bicyclic) bond motifs is 1. The third-order valence-corrected chi connectivity index (χ3v) is 3.55. The monoisotopic (exact) mass is 338 g/mol. The topological polar surface area (TPSA) is 76.9 Å². The summed E-state index contributed by atoms with van der Waals surface area (Å²) in [6.07, 6.45) is -1.86. The van der Waals surface area contributed by atoms with Gasteiger partial charge in [0.15, 0.2) is 0 Å². The second kappa shape index (κ2) is 5.95. The molecule has 0 fully saturated rings. The van der Waals surface area contributed by atoms with Crippen molar-refractivity contribution in [1.29, 1.82) is 0 Å². The van der Waals surface area contributed by atoms with E-state index in [1.54, 1.807) is 30.3 Å². The second-order valence-corrected chi connectivity index (χ2v) is 5.16. The summed E-state index contributed by atoms with van der Waals surface area (Å²) in [4.78, 5) is 20.8. The van der Waals surface area contributed by atoms with Gasteiger partial charge in [-0.15, -0.1) is 10.2 Å². The third-order valence-electron chi connectivity index (χ3n) is 3.55. The average molecular weight is 338 g/mol. The van der Waals surface area contributed by atoms with Gasteiger partial charge in [0.05, 0.1) is 17.1 Å². The van der Waals surface area contributed by atoms with E-state index < -0.39 is 12.1 Å². The Morgan fingerprint density at radius 1 is 1.25 bits per heavy atom. The molecule has 2 aromatic rings.